The molecule has 154 valence electrons. The number of likely N-dealkylation sites (tertiary alicyclic amines) is 1. The Kier molecular flexibility index (Phi) is 5.72. The average molecular weight is 415 g/mol. The molecule has 4 rings (SSSR count). The molecule has 2 fully saturated rings. The number of morpholine rings is 1. The quantitative estimate of drug-likeness (QED) is 0.772. The molecule has 2 aromatic rings. The normalized spacial score (nSPS) is 23.3. The third kappa shape index (κ3) is 3.95. The minimum atomic E-state index is -3.63. The van der Waals surface area contributed by atoms with Gasteiger partial charge in [0.15, 0.2) is 0 Å². The second-order valence-corrected chi connectivity index (χ2v) is 9.53. The van der Waals surface area contributed by atoms with Crippen LogP contribution in [-0.4, -0.2) is 62.4 Å². The first-order chi connectivity index (χ1) is 14.0. The first kappa shape index (κ1) is 20.1. The molecule has 0 saturated carbocycles. The van der Waals surface area contributed by atoms with E-state index in [0.717, 1.165) is 6.42 Å². The highest BCUT2D eigenvalue weighted by Crippen LogP contribution is 2.34. The van der Waals surface area contributed by atoms with Crippen LogP contribution in [0.5, 0.6) is 0 Å². The number of nitrogens with zero attached hydrogens (tertiary/aromatic N) is 2. The zero-order valence-corrected chi connectivity index (χ0v) is 17.3. The lowest BCUT2D eigenvalue weighted by molar-refractivity contribution is 0.0728. The molecule has 2 heterocycles. The van der Waals surface area contributed by atoms with Gasteiger partial charge in [0.25, 0.3) is 5.91 Å². The SMILES string of the molecule is CC1C(c2ccccc2)CCN1C(=O)c1cccc(S(=O)(=O)N2CCOCC2)c1. The van der Waals surface area contributed by atoms with Crippen molar-refractivity contribution >= 4 is 15.9 Å². The van der Waals surface area contributed by atoms with Crippen molar-refractivity contribution in [3.63, 3.8) is 0 Å². The molecular formula is C22H26N2O4S. The lowest BCUT2D eigenvalue weighted by Gasteiger charge is -2.27. The van der Waals surface area contributed by atoms with E-state index in [1.165, 1.54) is 15.9 Å². The molecule has 0 aromatic heterocycles. The summed E-state index contributed by atoms with van der Waals surface area (Å²) < 4.78 is 32.5. The van der Waals surface area contributed by atoms with Gasteiger partial charge in [0.05, 0.1) is 18.1 Å². The molecule has 7 heteroatoms. The molecule has 1 amide bonds. The van der Waals surface area contributed by atoms with Crippen LogP contribution in [0.3, 0.4) is 0 Å². The van der Waals surface area contributed by atoms with Crippen molar-refractivity contribution in [2.24, 2.45) is 0 Å². The third-order valence-electron chi connectivity index (χ3n) is 5.93. The fourth-order valence-corrected chi connectivity index (χ4v) is 5.72. The Morgan fingerprint density at radius 2 is 1.72 bits per heavy atom. The zero-order chi connectivity index (χ0) is 20.4. The van der Waals surface area contributed by atoms with E-state index in [-0.39, 0.29) is 16.8 Å². The maximum atomic E-state index is 13.2. The van der Waals surface area contributed by atoms with Crippen LogP contribution in [0, 0.1) is 0 Å². The van der Waals surface area contributed by atoms with Crippen molar-refractivity contribution in [1.82, 2.24) is 9.21 Å². The van der Waals surface area contributed by atoms with Crippen LogP contribution < -0.4 is 0 Å². The molecule has 0 N–H and O–H groups in total. The fourth-order valence-electron chi connectivity index (χ4n) is 4.26. The fraction of sp³-hybridized carbons (Fsp3) is 0.409. The number of amides is 1. The zero-order valence-electron chi connectivity index (χ0n) is 16.5. The molecule has 2 unspecified atom stereocenters. The molecule has 29 heavy (non-hydrogen) atoms. The predicted molar refractivity (Wildman–Crippen MR) is 110 cm³/mol. The van der Waals surface area contributed by atoms with Crippen LogP contribution >= 0.6 is 0 Å². The highest BCUT2D eigenvalue weighted by atomic mass is 32.2. The Morgan fingerprint density at radius 1 is 1.00 bits per heavy atom. The summed E-state index contributed by atoms with van der Waals surface area (Å²) in [6, 6.07) is 16.7. The van der Waals surface area contributed by atoms with Gasteiger partial charge >= 0.3 is 0 Å². The number of ether oxygens (including phenoxy) is 1. The van der Waals surface area contributed by atoms with E-state index in [1.54, 1.807) is 18.2 Å². The summed E-state index contributed by atoms with van der Waals surface area (Å²) in [7, 11) is -3.63. The molecule has 0 spiro atoms. The van der Waals surface area contributed by atoms with Crippen LogP contribution in [-0.2, 0) is 14.8 Å². The first-order valence-corrected chi connectivity index (χ1v) is 11.5. The minimum absolute atomic E-state index is 0.0596. The molecule has 6 nitrogen and oxygen atoms in total. The summed E-state index contributed by atoms with van der Waals surface area (Å²) in [5, 5.41) is 0. The Labute approximate surface area is 172 Å². The molecule has 2 aliphatic heterocycles. The van der Waals surface area contributed by atoms with Gasteiger partial charge in [0.1, 0.15) is 0 Å². The van der Waals surface area contributed by atoms with E-state index in [0.29, 0.717) is 44.3 Å². The van der Waals surface area contributed by atoms with Gasteiger partial charge in [-0.05, 0) is 37.1 Å². The number of hydrogen-bond acceptors (Lipinski definition) is 4. The number of rotatable bonds is 4. The summed E-state index contributed by atoms with van der Waals surface area (Å²) in [6.45, 7) is 4.19. The first-order valence-electron chi connectivity index (χ1n) is 10.0. The largest absolute Gasteiger partial charge is 0.379 e. The van der Waals surface area contributed by atoms with Gasteiger partial charge in [-0.3, -0.25) is 4.79 Å². The minimum Gasteiger partial charge on any atom is -0.379 e. The van der Waals surface area contributed by atoms with Gasteiger partial charge in [-0.1, -0.05) is 36.4 Å². The lowest BCUT2D eigenvalue weighted by atomic mass is 9.93. The van der Waals surface area contributed by atoms with Crippen molar-refractivity contribution in [1.29, 1.82) is 0 Å². The summed E-state index contributed by atoms with van der Waals surface area (Å²) in [5.74, 6) is 0.176. The predicted octanol–water partition coefficient (Wildman–Crippen LogP) is 2.73. The number of sulfonamides is 1. The van der Waals surface area contributed by atoms with E-state index >= 15 is 0 Å². The highest BCUT2D eigenvalue weighted by Gasteiger charge is 2.35. The monoisotopic (exact) mass is 414 g/mol. The van der Waals surface area contributed by atoms with Gasteiger partial charge in [-0.15, -0.1) is 0 Å². The summed E-state index contributed by atoms with van der Waals surface area (Å²) in [5.41, 5.74) is 1.65. The van der Waals surface area contributed by atoms with E-state index < -0.39 is 10.0 Å². The van der Waals surface area contributed by atoms with Crippen LogP contribution in [0.2, 0.25) is 0 Å². The van der Waals surface area contributed by atoms with Crippen molar-refractivity contribution in [3.8, 4) is 0 Å². The van der Waals surface area contributed by atoms with Crippen LogP contribution in [0.1, 0.15) is 35.2 Å². The molecule has 0 radical (unpaired) electrons. The Balaban J connectivity index is 1.55. The van der Waals surface area contributed by atoms with Crippen molar-refractivity contribution < 1.29 is 17.9 Å². The Bertz CT molecular complexity index is 971. The number of hydrogen-bond donors (Lipinski definition) is 0. The van der Waals surface area contributed by atoms with E-state index in [2.05, 4.69) is 19.1 Å². The lowest BCUT2D eigenvalue weighted by Crippen LogP contribution is -2.40. The topological polar surface area (TPSA) is 66.9 Å². The second kappa shape index (κ2) is 8.26. The average Bonchev–Trinajstić information content (AvgIpc) is 3.16. The maximum Gasteiger partial charge on any atom is 0.254 e. The van der Waals surface area contributed by atoms with Gasteiger partial charge in [0.2, 0.25) is 10.0 Å². The standard InChI is InChI=1S/C22H26N2O4S/c1-17-21(18-6-3-2-4-7-18)10-11-24(17)22(25)19-8-5-9-20(16-19)29(26,27)23-12-14-28-15-13-23/h2-9,16-17,21H,10-15H2,1H3. The van der Waals surface area contributed by atoms with Crippen molar-refractivity contribution in [2.45, 2.75) is 30.2 Å². The third-order valence-corrected chi connectivity index (χ3v) is 7.83. The van der Waals surface area contributed by atoms with E-state index in [1.807, 2.05) is 23.1 Å². The van der Waals surface area contributed by atoms with Gasteiger partial charge in [0, 0.05) is 37.2 Å². The second-order valence-electron chi connectivity index (χ2n) is 7.59. The summed E-state index contributed by atoms with van der Waals surface area (Å²) in [6.07, 6.45) is 0.905. The summed E-state index contributed by atoms with van der Waals surface area (Å²) >= 11 is 0. The van der Waals surface area contributed by atoms with Gasteiger partial charge < -0.3 is 9.64 Å². The van der Waals surface area contributed by atoms with Gasteiger partial charge in [-0.25, -0.2) is 8.42 Å². The van der Waals surface area contributed by atoms with Crippen molar-refractivity contribution in [2.75, 3.05) is 32.8 Å². The highest BCUT2D eigenvalue weighted by molar-refractivity contribution is 7.89. The maximum absolute atomic E-state index is 13.2. The Morgan fingerprint density at radius 3 is 2.45 bits per heavy atom. The number of benzene rings is 2. The van der Waals surface area contributed by atoms with Crippen LogP contribution in [0.4, 0.5) is 0 Å². The molecule has 2 aliphatic rings. The van der Waals surface area contributed by atoms with E-state index in [4.69, 9.17) is 4.74 Å². The number of carbonyl (C=O) groups is 1. The molecule has 2 saturated heterocycles. The van der Waals surface area contributed by atoms with Crippen molar-refractivity contribution in [3.05, 3.63) is 65.7 Å². The molecule has 0 aliphatic carbocycles. The van der Waals surface area contributed by atoms with Crippen LogP contribution in [0.15, 0.2) is 59.5 Å². The van der Waals surface area contributed by atoms with Gasteiger partial charge in [-0.2, -0.15) is 4.31 Å². The van der Waals surface area contributed by atoms with E-state index in [9.17, 15) is 13.2 Å². The number of carbonyl (C=O) groups excluding carboxylic acids is 1. The molecule has 2 atom stereocenters. The Hall–Kier alpha value is -2.22. The smallest absolute Gasteiger partial charge is 0.254 e. The summed E-state index contributed by atoms with van der Waals surface area (Å²) in [4.78, 5) is 15.2. The molecular weight excluding hydrogens is 388 g/mol. The molecule has 0 bridgehead atoms. The van der Waals surface area contributed by atoms with Crippen LogP contribution in [0.25, 0.3) is 0 Å². The molecule has 2 aromatic carbocycles.